The second-order valence-corrected chi connectivity index (χ2v) is 8.00. The number of rotatable bonds is 6. The fraction of sp³-hybridized carbons (Fsp3) is 0.417. The number of ether oxygens (including phenoxy) is 1. The predicted molar refractivity (Wildman–Crippen MR) is 111 cm³/mol. The van der Waals surface area contributed by atoms with Crippen molar-refractivity contribution in [3.8, 4) is 5.75 Å². The molecule has 1 aliphatic carbocycles. The molecule has 4 rings (SSSR count). The van der Waals surface area contributed by atoms with Crippen LogP contribution in [0, 0.1) is 11.8 Å². The molecule has 1 heterocycles. The summed E-state index contributed by atoms with van der Waals surface area (Å²) in [5.74, 6) is 1.33. The van der Waals surface area contributed by atoms with Crippen molar-refractivity contribution in [1.82, 2.24) is 10.2 Å². The van der Waals surface area contributed by atoms with Gasteiger partial charge in [-0.05, 0) is 48.9 Å². The van der Waals surface area contributed by atoms with Crippen LogP contribution in [-0.4, -0.2) is 36.9 Å². The Morgan fingerprint density at radius 2 is 1.52 bits per heavy atom. The Morgan fingerprint density at radius 3 is 2.10 bits per heavy atom. The predicted octanol–water partition coefficient (Wildman–Crippen LogP) is 3.55. The lowest BCUT2D eigenvalue weighted by Crippen LogP contribution is -2.44. The first-order valence-electron chi connectivity index (χ1n) is 10.4. The van der Waals surface area contributed by atoms with E-state index >= 15 is 0 Å². The molecule has 1 unspecified atom stereocenters. The van der Waals surface area contributed by atoms with Gasteiger partial charge in [0, 0.05) is 24.9 Å². The molecule has 5 nitrogen and oxygen atoms in total. The number of nitrogens with one attached hydrogen (secondary N) is 1. The second kappa shape index (κ2) is 8.68. The summed E-state index contributed by atoms with van der Waals surface area (Å²) in [6.45, 7) is 1.37. The van der Waals surface area contributed by atoms with Crippen molar-refractivity contribution in [2.24, 2.45) is 11.8 Å². The number of benzene rings is 2. The van der Waals surface area contributed by atoms with Crippen LogP contribution in [0.5, 0.6) is 5.75 Å². The van der Waals surface area contributed by atoms with Gasteiger partial charge < -0.3 is 15.0 Å². The molecule has 2 amide bonds. The first-order valence-corrected chi connectivity index (χ1v) is 10.4. The van der Waals surface area contributed by atoms with Crippen molar-refractivity contribution in [3.05, 3.63) is 65.7 Å². The fourth-order valence-electron chi connectivity index (χ4n) is 4.01. The standard InChI is InChI=1S/C24H28N2O3/c1-29-21-11-9-18(10-12-21)22(17-5-3-2-4-6-17)25-23(27)19-13-15-26(16-14-19)24(28)20-7-8-20/h2-6,9-12,19-20,22H,7-8,13-16H2,1H3,(H,25,27). The van der Waals surface area contributed by atoms with E-state index in [1.54, 1.807) is 7.11 Å². The molecule has 1 aliphatic heterocycles. The zero-order chi connectivity index (χ0) is 20.2. The lowest BCUT2D eigenvalue weighted by Gasteiger charge is -2.32. The van der Waals surface area contributed by atoms with Gasteiger partial charge >= 0.3 is 0 Å². The first kappa shape index (κ1) is 19.5. The highest BCUT2D eigenvalue weighted by atomic mass is 16.5. The maximum Gasteiger partial charge on any atom is 0.225 e. The molecular formula is C24H28N2O3. The van der Waals surface area contributed by atoms with Gasteiger partial charge in [0.2, 0.25) is 11.8 Å². The van der Waals surface area contributed by atoms with E-state index in [2.05, 4.69) is 5.32 Å². The molecule has 1 N–H and O–H groups in total. The van der Waals surface area contributed by atoms with Gasteiger partial charge in [0.05, 0.1) is 13.2 Å². The molecule has 29 heavy (non-hydrogen) atoms. The molecule has 0 bridgehead atoms. The van der Waals surface area contributed by atoms with Crippen molar-refractivity contribution in [2.45, 2.75) is 31.7 Å². The van der Waals surface area contributed by atoms with Crippen LogP contribution >= 0.6 is 0 Å². The number of hydrogen-bond donors (Lipinski definition) is 1. The van der Waals surface area contributed by atoms with Crippen molar-refractivity contribution >= 4 is 11.8 Å². The van der Waals surface area contributed by atoms with Crippen molar-refractivity contribution in [2.75, 3.05) is 20.2 Å². The van der Waals surface area contributed by atoms with E-state index in [-0.39, 0.29) is 29.7 Å². The van der Waals surface area contributed by atoms with Crippen molar-refractivity contribution < 1.29 is 14.3 Å². The number of piperidine rings is 1. The number of carbonyl (C=O) groups excluding carboxylic acids is 2. The summed E-state index contributed by atoms with van der Waals surface area (Å²) in [6, 6.07) is 17.6. The average Bonchev–Trinajstić information content (AvgIpc) is 3.63. The number of amides is 2. The van der Waals surface area contributed by atoms with E-state index in [0.717, 1.165) is 42.6 Å². The number of methoxy groups -OCH3 is 1. The zero-order valence-corrected chi connectivity index (χ0v) is 16.8. The molecule has 1 saturated carbocycles. The third-order valence-corrected chi connectivity index (χ3v) is 5.97. The van der Waals surface area contributed by atoms with E-state index in [1.165, 1.54) is 0 Å². The maximum absolute atomic E-state index is 13.1. The molecule has 2 aromatic carbocycles. The van der Waals surface area contributed by atoms with Crippen LogP contribution in [0.2, 0.25) is 0 Å². The largest absolute Gasteiger partial charge is 0.497 e. The van der Waals surface area contributed by atoms with Gasteiger partial charge in [0.25, 0.3) is 0 Å². The minimum Gasteiger partial charge on any atom is -0.497 e. The normalized spacial score (nSPS) is 18.2. The van der Waals surface area contributed by atoms with E-state index < -0.39 is 0 Å². The average molecular weight is 392 g/mol. The third kappa shape index (κ3) is 4.61. The smallest absolute Gasteiger partial charge is 0.225 e. The topological polar surface area (TPSA) is 58.6 Å². The molecule has 1 saturated heterocycles. The van der Waals surface area contributed by atoms with Crippen molar-refractivity contribution in [3.63, 3.8) is 0 Å². The summed E-state index contributed by atoms with van der Waals surface area (Å²) in [4.78, 5) is 27.3. The number of carbonyl (C=O) groups is 2. The lowest BCUT2D eigenvalue weighted by atomic mass is 9.93. The molecule has 1 atom stereocenters. The van der Waals surface area contributed by atoms with Gasteiger partial charge in [0.15, 0.2) is 0 Å². The Hall–Kier alpha value is -2.82. The monoisotopic (exact) mass is 392 g/mol. The van der Waals surface area contributed by atoms with Crippen LogP contribution in [0.1, 0.15) is 42.9 Å². The maximum atomic E-state index is 13.1. The Morgan fingerprint density at radius 1 is 0.897 bits per heavy atom. The van der Waals surface area contributed by atoms with Gasteiger partial charge in [-0.25, -0.2) is 0 Å². The van der Waals surface area contributed by atoms with Crippen LogP contribution in [-0.2, 0) is 9.59 Å². The van der Waals surface area contributed by atoms with Crippen LogP contribution in [0.15, 0.2) is 54.6 Å². The number of nitrogens with zero attached hydrogens (tertiary/aromatic N) is 1. The Balaban J connectivity index is 1.44. The van der Waals surface area contributed by atoms with Gasteiger partial charge in [-0.3, -0.25) is 9.59 Å². The van der Waals surface area contributed by atoms with Gasteiger partial charge in [0.1, 0.15) is 5.75 Å². The third-order valence-electron chi connectivity index (χ3n) is 5.97. The Labute approximate surface area is 172 Å². The molecule has 5 heteroatoms. The van der Waals surface area contributed by atoms with E-state index in [1.807, 2.05) is 59.5 Å². The molecule has 0 radical (unpaired) electrons. The zero-order valence-electron chi connectivity index (χ0n) is 16.8. The summed E-state index contributed by atoms with van der Waals surface area (Å²) in [6.07, 6.45) is 3.52. The summed E-state index contributed by atoms with van der Waals surface area (Å²) >= 11 is 0. The highest BCUT2D eigenvalue weighted by Crippen LogP contribution is 2.33. The quantitative estimate of drug-likeness (QED) is 0.818. The van der Waals surface area contributed by atoms with E-state index in [4.69, 9.17) is 4.74 Å². The van der Waals surface area contributed by atoms with Gasteiger partial charge in [-0.2, -0.15) is 0 Å². The summed E-state index contributed by atoms with van der Waals surface area (Å²) in [7, 11) is 1.64. The molecule has 0 aromatic heterocycles. The summed E-state index contributed by atoms with van der Waals surface area (Å²) < 4.78 is 5.26. The van der Waals surface area contributed by atoms with Gasteiger partial charge in [-0.1, -0.05) is 42.5 Å². The number of likely N-dealkylation sites (tertiary alicyclic amines) is 1. The summed E-state index contributed by atoms with van der Waals surface area (Å²) in [5, 5.41) is 3.25. The van der Waals surface area contributed by atoms with Crippen LogP contribution in [0.4, 0.5) is 0 Å². The van der Waals surface area contributed by atoms with Gasteiger partial charge in [-0.15, -0.1) is 0 Å². The Bertz CT molecular complexity index is 838. The Kier molecular flexibility index (Phi) is 5.84. The molecule has 2 fully saturated rings. The lowest BCUT2D eigenvalue weighted by molar-refractivity contribution is -0.136. The molecule has 0 spiro atoms. The molecular weight excluding hydrogens is 364 g/mol. The highest BCUT2D eigenvalue weighted by Gasteiger charge is 2.36. The minimum absolute atomic E-state index is 0.0530. The molecule has 152 valence electrons. The molecule has 2 aliphatic rings. The van der Waals surface area contributed by atoms with Crippen LogP contribution in [0.3, 0.4) is 0 Å². The first-order chi connectivity index (χ1) is 14.2. The SMILES string of the molecule is COc1ccc(C(NC(=O)C2CCN(C(=O)C3CC3)CC2)c2ccccc2)cc1. The van der Waals surface area contributed by atoms with E-state index in [9.17, 15) is 9.59 Å². The fourth-order valence-corrected chi connectivity index (χ4v) is 4.01. The van der Waals surface area contributed by atoms with Crippen LogP contribution in [0.25, 0.3) is 0 Å². The summed E-state index contributed by atoms with van der Waals surface area (Å²) in [5.41, 5.74) is 2.07. The van der Waals surface area contributed by atoms with Crippen molar-refractivity contribution in [1.29, 1.82) is 0 Å². The molecule has 2 aromatic rings. The number of hydrogen-bond acceptors (Lipinski definition) is 3. The second-order valence-electron chi connectivity index (χ2n) is 8.00. The van der Waals surface area contributed by atoms with Crippen LogP contribution < -0.4 is 10.1 Å². The highest BCUT2D eigenvalue weighted by molar-refractivity contribution is 5.82. The van der Waals surface area contributed by atoms with E-state index in [0.29, 0.717) is 13.1 Å². The minimum atomic E-state index is -0.208.